The van der Waals surface area contributed by atoms with Gasteiger partial charge in [-0.15, -0.1) is 0 Å². The predicted octanol–water partition coefficient (Wildman–Crippen LogP) is 15.5. The first-order chi connectivity index (χ1) is 59.4. The van der Waals surface area contributed by atoms with E-state index in [-0.39, 0.29) is 91.9 Å². The lowest BCUT2D eigenvalue weighted by Gasteiger charge is -2.42. The van der Waals surface area contributed by atoms with Crippen LogP contribution in [0.3, 0.4) is 0 Å². The fraction of sp³-hybridized carbons (Fsp3) is 0.326. The average Bonchev–Trinajstić information content (AvgIpc) is 1.62. The van der Waals surface area contributed by atoms with E-state index >= 15 is 0 Å². The number of rotatable bonds is 28. The monoisotopic (exact) mass is 1660 g/mol. The minimum Gasteiger partial charge on any atom is -0.493 e. The summed E-state index contributed by atoms with van der Waals surface area (Å²) in [6.07, 6.45) is 18.1. The van der Waals surface area contributed by atoms with Gasteiger partial charge in [0.1, 0.15) is 29.5 Å². The third kappa shape index (κ3) is 20.7. The summed E-state index contributed by atoms with van der Waals surface area (Å²) in [6.45, 7) is 9.74. The minimum atomic E-state index is -0.863. The van der Waals surface area contributed by atoms with Crippen molar-refractivity contribution < 1.29 is 66.8 Å². The van der Waals surface area contributed by atoms with Gasteiger partial charge in [-0.05, 0) is 203 Å². The van der Waals surface area contributed by atoms with Crippen LogP contribution in [0.25, 0.3) is 22.3 Å². The molecule has 3 saturated heterocycles. The molecule has 5 aliphatic heterocycles. The molecule has 0 radical (unpaired) electrons. The second kappa shape index (κ2) is 38.9. The number of aromatic nitrogens is 4. The second-order valence-corrected chi connectivity index (χ2v) is 31.9. The second-order valence-electron chi connectivity index (χ2n) is 31.9. The third-order valence-corrected chi connectivity index (χ3v) is 22.7. The normalized spacial score (nSPS) is 16.6. The van der Waals surface area contributed by atoms with Crippen LogP contribution in [-0.2, 0) is 64.8 Å². The fourth-order valence-electron chi connectivity index (χ4n) is 16.2. The maximum Gasteiger partial charge on any atom is 0.416 e. The Labute approximate surface area is 714 Å². The molecule has 28 nitrogen and oxygen atoms in total. The zero-order valence-corrected chi connectivity index (χ0v) is 70.1. The fourth-order valence-corrected chi connectivity index (χ4v) is 16.2. The van der Waals surface area contributed by atoms with Gasteiger partial charge in [-0.1, -0.05) is 61.2 Å². The van der Waals surface area contributed by atoms with Crippen molar-refractivity contribution in [1.82, 2.24) is 28.1 Å². The number of nitrogen functional groups attached to an aromatic ring is 2. The molecule has 28 heteroatoms. The number of piperidine rings is 2. The van der Waals surface area contributed by atoms with Gasteiger partial charge in [0.25, 0.3) is 23.6 Å². The van der Waals surface area contributed by atoms with Gasteiger partial charge in [0, 0.05) is 151 Å². The third-order valence-electron chi connectivity index (χ3n) is 22.7. The van der Waals surface area contributed by atoms with Crippen molar-refractivity contribution >= 4 is 105 Å². The van der Waals surface area contributed by atoms with Crippen LogP contribution in [0.2, 0.25) is 0 Å². The van der Waals surface area contributed by atoms with Crippen molar-refractivity contribution in [3.8, 4) is 33.8 Å². The van der Waals surface area contributed by atoms with Gasteiger partial charge in [-0.2, -0.15) is 0 Å². The predicted molar refractivity (Wildman–Crippen MR) is 473 cm³/mol. The molecule has 9 heterocycles. The lowest BCUT2D eigenvalue weighted by Crippen LogP contribution is -2.57. The Hall–Kier alpha value is -13.6. The summed E-state index contributed by atoms with van der Waals surface area (Å²) in [4.78, 5) is 130. The number of hydrogen-bond acceptors (Lipinski definition) is 17. The number of aliphatic imine (C=N–C) groups is 1. The number of ether oxygens (including phenoxy) is 5. The quantitative estimate of drug-likeness (QED) is 0.0115. The van der Waals surface area contributed by atoms with Gasteiger partial charge < -0.3 is 84.5 Å². The maximum atomic E-state index is 14.2. The van der Waals surface area contributed by atoms with E-state index in [9.17, 15) is 43.2 Å². The molecule has 2 unspecified atom stereocenters. The number of benzene rings is 6. The molecule has 0 aliphatic carbocycles. The number of Topliss-reactive ketones (excluding diaryl/α,β-unsaturated/α-hetero) is 2. The first-order valence-electron chi connectivity index (χ1n) is 41.8. The van der Waals surface area contributed by atoms with Gasteiger partial charge >= 0.3 is 6.09 Å². The smallest absolute Gasteiger partial charge is 0.416 e. The minimum absolute atomic E-state index is 0.00701. The van der Waals surface area contributed by atoms with Crippen LogP contribution in [0.15, 0.2) is 188 Å². The van der Waals surface area contributed by atoms with Gasteiger partial charge in [0.05, 0.1) is 70.6 Å². The zero-order valence-electron chi connectivity index (χ0n) is 70.1. The molecular formula is C95H104N14O14. The molecule has 7 amide bonds. The van der Waals surface area contributed by atoms with Crippen molar-refractivity contribution in [3.05, 3.63) is 239 Å². The van der Waals surface area contributed by atoms with Gasteiger partial charge in [0.2, 0.25) is 11.8 Å². The molecule has 10 aromatic rings. The molecule has 0 bridgehead atoms. The zero-order chi connectivity index (χ0) is 86.5. The molecular weight excluding hydrogens is 1560 g/mol. The van der Waals surface area contributed by atoms with Crippen LogP contribution < -0.4 is 47.1 Å². The Kier molecular flexibility index (Phi) is 27.1. The summed E-state index contributed by atoms with van der Waals surface area (Å²) in [5, 5.41) is 11.6. The molecule has 0 spiro atoms. The average molecular weight is 1670 g/mol. The molecule has 123 heavy (non-hydrogen) atoms. The topological polar surface area (TPSA) is 342 Å². The van der Waals surface area contributed by atoms with Crippen LogP contribution in [0.5, 0.6) is 11.5 Å². The summed E-state index contributed by atoms with van der Waals surface area (Å²) < 4.78 is 37.4. The first kappa shape index (κ1) is 85.8. The molecule has 6 aromatic carbocycles. The first-order valence-corrected chi connectivity index (χ1v) is 41.8. The summed E-state index contributed by atoms with van der Waals surface area (Å²) in [6, 6.07) is 43.1. The number of carbonyl (C=O) groups is 9. The van der Waals surface area contributed by atoms with Gasteiger partial charge in [-0.3, -0.25) is 43.3 Å². The number of fused-ring (bicyclic) bond motifs is 4. The highest BCUT2D eigenvalue weighted by molar-refractivity contribution is 6.08. The number of aryl methyl sites for hydroxylation is 6. The number of hydrogen-bond donors (Lipinski definition) is 6. The standard InChI is InChI=1S/C52H59N7O9.C43H45N7O5/c1-5-23-67-52(64)59-42-30-46(33(2)26-40(42)50(63)58-22-8-6-11-41(58)51(59)68-48-13-7-9-24-66-48)65-25-10-12-47(61)54-39-29-44(57(4)32-39)49(62)55-38-20-16-35(17-21-38)36-28-43(56(3)31-36)45(60)27-34-14-18-37(53)19-15-34;1-27-19-35-36(45-24-34-7-4-5-17-50(34)43(35)54)23-40(27)55-18-6-8-41(52)46-33-22-38(49(3)26-33)42(53)47-32-15-11-29(12-16-32)30-21-37(48(2)25-30)39(51)20-28-9-13-31(44)14-10-28/h5,14-21,26,28-32,41,48,51H,1,6-13,22-25,27,53H2,2-4H3,(H,54,61)(H,55,62);9-16,19,21-26,34H,4-8,17-18,20,44H2,1-3H3,(H,46,52)(H,47,53)/t41-,48?,51?;34-/m00/s1. The highest BCUT2D eigenvalue weighted by Crippen LogP contribution is 2.42. The number of nitrogens with one attached hydrogen (secondary N) is 4. The highest BCUT2D eigenvalue weighted by atomic mass is 16.7. The largest absolute Gasteiger partial charge is 0.493 e. The van der Waals surface area contributed by atoms with E-state index < -0.39 is 24.7 Å². The Balaban J connectivity index is 0.000000205. The molecule has 0 saturated carbocycles. The van der Waals surface area contributed by atoms with E-state index in [2.05, 4.69) is 32.8 Å². The van der Waals surface area contributed by atoms with E-state index in [1.165, 1.54) is 11.0 Å². The van der Waals surface area contributed by atoms with E-state index in [1.54, 1.807) is 96.3 Å². The highest BCUT2D eigenvalue weighted by Gasteiger charge is 2.47. The Morgan fingerprint density at radius 2 is 1.01 bits per heavy atom. The Morgan fingerprint density at radius 1 is 0.520 bits per heavy atom. The van der Waals surface area contributed by atoms with E-state index in [0.717, 1.165) is 90.4 Å². The molecule has 4 aromatic heterocycles. The van der Waals surface area contributed by atoms with Crippen molar-refractivity contribution in [3.63, 3.8) is 0 Å². The van der Waals surface area contributed by atoms with Crippen LogP contribution in [-0.4, -0.2) is 152 Å². The van der Waals surface area contributed by atoms with Gasteiger partial charge in [0.15, 0.2) is 24.1 Å². The maximum absolute atomic E-state index is 14.2. The van der Waals surface area contributed by atoms with Crippen molar-refractivity contribution in [1.29, 1.82) is 0 Å². The molecule has 15 rings (SSSR count). The van der Waals surface area contributed by atoms with Crippen LogP contribution in [0.1, 0.15) is 168 Å². The molecule has 638 valence electrons. The summed E-state index contributed by atoms with van der Waals surface area (Å²) in [5.74, 6) is -0.222. The van der Waals surface area contributed by atoms with E-state index in [0.29, 0.717) is 142 Å². The summed E-state index contributed by atoms with van der Waals surface area (Å²) in [5.41, 5.74) is 25.7. The molecule has 5 aliphatic rings. The lowest BCUT2D eigenvalue weighted by molar-refractivity contribution is -0.198. The van der Waals surface area contributed by atoms with Crippen molar-refractivity contribution in [2.24, 2.45) is 33.2 Å². The summed E-state index contributed by atoms with van der Waals surface area (Å²) in [7, 11) is 7.16. The Morgan fingerprint density at radius 3 is 1.53 bits per heavy atom. The lowest BCUT2D eigenvalue weighted by atomic mass is 10.00. The van der Waals surface area contributed by atoms with Crippen LogP contribution in [0.4, 0.5) is 50.3 Å². The number of nitrogens with zero attached hydrogens (tertiary/aromatic N) is 8. The molecule has 3 fully saturated rings. The Bertz CT molecular complexity index is 5640. The van der Waals surface area contributed by atoms with E-state index in [1.807, 2.05) is 150 Å². The van der Waals surface area contributed by atoms with Gasteiger partial charge in [-0.25, -0.2) is 9.69 Å². The van der Waals surface area contributed by atoms with E-state index in [4.69, 9.17) is 35.2 Å². The summed E-state index contributed by atoms with van der Waals surface area (Å²) >= 11 is 0. The number of amides is 7. The SMILES string of the molecule is C=CCOC(=O)N1c2cc(OCCCC(=O)Nc3cc(C(=O)Nc4ccc(-c5cc(C(=O)Cc6ccc(N)cc6)n(C)c5)cc4)n(C)c3)c(C)cc2C(=O)N2CCCC[C@H]2C1OC1CCCCO1.Cc1cc2c(cc1OCCCC(=O)Nc1cc(C(=O)Nc3ccc(-c4cc(C(=O)Cc5ccc(N)cc5)n(C)c4)cc3)n(C)c1)N=C[C@@H]1CCCCN1C2=O. The number of carbonyl (C=O) groups excluding carboxylic acids is 9. The van der Waals surface area contributed by atoms with Crippen molar-refractivity contribution in [2.45, 2.75) is 135 Å². The van der Waals surface area contributed by atoms with Crippen LogP contribution >= 0.6 is 0 Å². The number of anilines is 7. The number of nitrogens with two attached hydrogens (primary N) is 2. The van der Waals surface area contributed by atoms with Crippen LogP contribution in [0, 0.1) is 13.8 Å². The molecule has 4 atom stereocenters. The van der Waals surface area contributed by atoms with Crippen molar-refractivity contribution in [2.75, 3.05) is 77.2 Å². The molecule has 8 N–H and O–H groups in total. The number of ketones is 2.